The number of aryl methyl sites for hydroxylation is 2. The average molecular weight is 318 g/mol. The van der Waals surface area contributed by atoms with Crippen LogP contribution in [0.15, 0.2) is 46.2 Å². The molecule has 1 nitrogen and oxygen atoms in total. The van der Waals surface area contributed by atoms with Crippen LogP contribution in [0.5, 0.6) is 0 Å². The van der Waals surface area contributed by atoms with Crippen molar-refractivity contribution in [3.05, 3.63) is 58.1 Å². The fourth-order valence-electron chi connectivity index (χ4n) is 2.37. The first-order valence-corrected chi connectivity index (χ1v) is 8.59. The first-order chi connectivity index (χ1) is 10.1. The summed E-state index contributed by atoms with van der Waals surface area (Å²) in [6.07, 6.45) is 2.61. The molecule has 3 heteroatoms. The minimum atomic E-state index is 0.711. The van der Waals surface area contributed by atoms with E-state index in [1.54, 1.807) is 11.8 Å². The van der Waals surface area contributed by atoms with Crippen LogP contribution in [0.25, 0.3) is 0 Å². The van der Waals surface area contributed by atoms with Crippen LogP contribution in [0.3, 0.4) is 0 Å². The maximum Gasteiger partial charge on any atom is 0.0548 e. The Hall–Kier alpha value is -0.960. The molecule has 2 aromatic rings. The smallest absolute Gasteiger partial charge is 0.0548 e. The summed E-state index contributed by atoms with van der Waals surface area (Å²) in [5.74, 6) is 0. The number of halogens is 1. The Morgan fingerprint density at radius 3 is 2.71 bits per heavy atom. The Morgan fingerprint density at radius 1 is 1.19 bits per heavy atom. The highest BCUT2D eigenvalue weighted by molar-refractivity contribution is 7.99. The second-order valence-electron chi connectivity index (χ2n) is 5.75. The van der Waals surface area contributed by atoms with Gasteiger partial charge in [-0.3, -0.25) is 0 Å². The Kier molecular flexibility index (Phi) is 4.58. The van der Waals surface area contributed by atoms with Crippen LogP contribution < -0.4 is 5.32 Å². The summed E-state index contributed by atoms with van der Waals surface area (Å²) in [4.78, 5) is 2.46. The van der Waals surface area contributed by atoms with Gasteiger partial charge in [0.15, 0.2) is 0 Å². The molecule has 0 saturated heterocycles. The van der Waals surface area contributed by atoms with Crippen molar-refractivity contribution in [3.63, 3.8) is 0 Å². The van der Waals surface area contributed by atoms with Gasteiger partial charge >= 0.3 is 0 Å². The third-order valence-electron chi connectivity index (χ3n) is 3.75. The lowest BCUT2D eigenvalue weighted by Gasteiger charge is -2.13. The predicted molar refractivity (Wildman–Crippen MR) is 91.4 cm³/mol. The zero-order valence-electron chi connectivity index (χ0n) is 12.4. The van der Waals surface area contributed by atoms with E-state index in [4.69, 9.17) is 11.6 Å². The Labute approximate surface area is 136 Å². The van der Waals surface area contributed by atoms with Crippen molar-refractivity contribution >= 4 is 23.4 Å². The summed E-state index contributed by atoms with van der Waals surface area (Å²) in [6, 6.07) is 13.5. The monoisotopic (exact) mass is 317 g/mol. The molecule has 110 valence electrons. The number of nitrogens with one attached hydrogen (secondary N) is 1. The van der Waals surface area contributed by atoms with Gasteiger partial charge in [-0.2, -0.15) is 0 Å². The first kappa shape index (κ1) is 15.0. The Bertz CT molecular complexity index is 650. The van der Waals surface area contributed by atoms with Crippen molar-refractivity contribution in [2.75, 3.05) is 0 Å². The fraction of sp³-hybridized carbons (Fsp3) is 0.333. The summed E-state index contributed by atoms with van der Waals surface area (Å²) in [5.41, 5.74) is 3.90. The molecule has 3 rings (SSSR count). The van der Waals surface area contributed by atoms with E-state index in [9.17, 15) is 0 Å². The molecule has 1 fully saturated rings. The number of hydrogen-bond donors (Lipinski definition) is 1. The normalized spacial score (nSPS) is 14.4. The second-order valence-corrected chi connectivity index (χ2v) is 7.21. The molecular formula is C18H20ClNS. The number of hydrogen-bond acceptors (Lipinski definition) is 2. The lowest BCUT2D eigenvalue weighted by molar-refractivity contribution is 0.680. The summed E-state index contributed by atoms with van der Waals surface area (Å²) in [6.45, 7) is 5.19. The van der Waals surface area contributed by atoms with Crippen LogP contribution in [0.4, 0.5) is 0 Å². The van der Waals surface area contributed by atoms with Gasteiger partial charge in [0.05, 0.1) is 5.02 Å². The Morgan fingerprint density at radius 2 is 2.00 bits per heavy atom. The van der Waals surface area contributed by atoms with Crippen molar-refractivity contribution in [1.29, 1.82) is 0 Å². The van der Waals surface area contributed by atoms with Crippen molar-refractivity contribution in [1.82, 2.24) is 5.32 Å². The van der Waals surface area contributed by atoms with E-state index >= 15 is 0 Å². The SMILES string of the molecule is Cc1ccc(Sc2c(Cl)cccc2CNC2CC2)c(C)c1. The van der Waals surface area contributed by atoms with E-state index in [1.165, 1.54) is 39.3 Å². The van der Waals surface area contributed by atoms with Crippen LogP contribution in [-0.2, 0) is 6.54 Å². The lowest BCUT2D eigenvalue weighted by Crippen LogP contribution is -2.15. The topological polar surface area (TPSA) is 12.0 Å². The zero-order valence-corrected chi connectivity index (χ0v) is 14.0. The number of benzene rings is 2. The molecule has 1 N–H and O–H groups in total. The van der Waals surface area contributed by atoms with Crippen molar-refractivity contribution in [2.24, 2.45) is 0 Å². The molecule has 0 bridgehead atoms. The highest BCUT2D eigenvalue weighted by atomic mass is 35.5. The number of rotatable bonds is 5. The molecule has 0 amide bonds. The van der Waals surface area contributed by atoms with E-state index in [2.05, 4.69) is 43.4 Å². The Balaban J connectivity index is 1.85. The first-order valence-electron chi connectivity index (χ1n) is 7.39. The van der Waals surface area contributed by atoms with Gasteiger partial charge < -0.3 is 5.32 Å². The van der Waals surface area contributed by atoms with Gasteiger partial charge in [-0.05, 0) is 49.9 Å². The molecule has 0 unspecified atom stereocenters. The molecule has 0 radical (unpaired) electrons. The molecule has 21 heavy (non-hydrogen) atoms. The summed E-state index contributed by atoms with van der Waals surface area (Å²) in [7, 11) is 0. The molecule has 0 aromatic heterocycles. The molecule has 2 aromatic carbocycles. The third-order valence-corrected chi connectivity index (χ3v) is 5.54. The van der Waals surface area contributed by atoms with E-state index in [0.29, 0.717) is 6.04 Å². The second kappa shape index (κ2) is 6.43. The van der Waals surface area contributed by atoms with Crippen molar-refractivity contribution in [3.8, 4) is 0 Å². The van der Waals surface area contributed by atoms with E-state index in [1.807, 2.05) is 12.1 Å². The molecule has 1 saturated carbocycles. The quantitative estimate of drug-likeness (QED) is 0.796. The van der Waals surface area contributed by atoms with Gasteiger partial charge in [-0.25, -0.2) is 0 Å². The van der Waals surface area contributed by atoms with Gasteiger partial charge in [-0.1, -0.05) is 53.2 Å². The van der Waals surface area contributed by atoms with Crippen molar-refractivity contribution < 1.29 is 0 Å². The molecule has 1 aliphatic rings. The van der Waals surface area contributed by atoms with E-state index in [-0.39, 0.29) is 0 Å². The average Bonchev–Trinajstić information content (AvgIpc) is 3.26. The van der Waals surface area contributed by atoms with Gasteiger partial charge in [0, 0.05) is 22.4 Å². The lowest BCUT2D eigenvalue weighted by atomic mass is 10.2. The maximum absolute atomic E-state index is 6.45. The summed E-state index contributed by atoms with van der Waals surface area (Å²) in [5, 5.41) is 4.42. The molecule has 0 spiro atoms. The van der Waals surface area contributed by atoms with Crippen LogP contribution in [0.1, 0.15) is 29.5 Å². The highest BCUT2D eigenvalue weighted by Crippen LogP contribution is 2.38. The standard InChI is InChI=1S/C18H20ClNS/c1-12-6-9-17(13(2)10-12)21-18-14(4-3-5-16(18)19)11-20-15-7-8-15/h3-6,9-10,15,20H,7-8,11H2,1-2H3. The molecular weight excluding hydrogens is 298 g/mol. The van der Waals surface area contributed by atoms with Crippen LogP contribution in [0, 0.1) is 13.8 Å². The molecule has 0 atom stereocenters. The van der Waals surface area contributed by atoms with Gasteiger partial charge in [0.25, 0.3) is 0 Å². The summed E-state index contributed by atoms with van der Waals surface area (Å²) >= 11 is 8.22. The molecule has 0 heterocycles. The van der Waals surface area contributed by atoms with Crippen LogP contribution >= 0.6 is 23.4 Å². The maximum atomic E-state index is 6.45. The van der Waals surface area contributed by atoms with E-state index < -0.39 is 0 Å². The van der Waals surface area contributed by atoms with Crippen LogP contribution in [-0.4, -0.2) is 6.04 Å². The van der Waals surface area contributed by atoms with Crippen molar-refractivity contribution in [2.45, 2.75) is 49.1 Å². The predicted octanol–water partition coefficient (Wildman–Crippen LogP) is 5.36. The van der Waals surface area contributed by atoms with E-state index in [0.717, 1.165) is 11.6 Å². The third kappa shape index (κ3) is 3.82. The van der Waals surface area contributed by atoms with Gasteiger partial charge in [0.2, 0.25) is 0 Å². The molecule has 1 aliphatic carbocycles. The zero-order chi connectivity index (χ0) is 14.8. The molecule has 0 aliphatic heterocycles. The summed E-state index contributed by atoms with van der Waals surface area (Å²) < 4.78 is 0. The largest absolute Gasteiger partial charge is 0.310 e. The minimum Gasteiger partial charge on any atom is -0.310 e. The minimum absolute atomic E-state index is 0.711. The van der Waals surface area contributed by atoms with Gasteiger partial charge in [0.1, 0.15) is 0 Å². The highest BCUT2D eigenvalue weighted by Gasteiger charge is 2.21. The van der Waals surface area contributed by atoms with Gasteiger partial charge in [-0.15, -0.1) is 0 Å². The fourth-order valence-corrected chi connectivity index (χ4v) is 3.70. The van der Waals surface area contributed by atoms with Crippen LogP contribution in [0.2, 0.25) is 5.02 Å².